The Morgan fingerprint density at radius 1 is 1.26 bits per heavy atom. The number of carbonyl (C=O) groups excluding carboxylic acids is 1. The number of carbonyl (C=O) groups is 1. The zero-order valence-electron chi connectivity index (χ0n) is 17.7. The highest BCUT2D eigenvalue weighted by Gasteiger charge is 2.22. The molecule has 5 rings (SSSR count). The molecule has 4 aromatic rings. The minimum absolute atomic E-state index is 0.209. The first kappa shape index (κ1) is 19.2. The van der Waals surface area contributed by atoms with Crippen LogP contribution in [-0.4, -0.2) is 54.7 Å². The Bertz CT molecular complexity index is 1310. The number of amides is 1. The molecule has 1 aliphatic heterocycles. The van der Waals surface area contributed by atoms with Crippen molar-refractivity contribution in [2.24, 2.45) is 7.05 Å². The average molecular weight is 421 g/mol. The van der Waals surface area contributed by atoms with Gasteiger partial charge in [0.25, 0.3) is 5.91 Å². The zero-order chi connectivity index (χ0) is 21.7. The Morgan fingerprint density at radius 3 is 2.90 bits per heavy atom. The molecule has 0 saturated carbocycles. The molecular formula is C20H23N9O2. The summed E-state index contributed by atoms with van der Waals surface area (Å²) < 4.78 is 9.36. The van der Waals surface area contributed by atoms with Crippen molar-refractivity contribution in [2.45, 2.75) is 32.6 Å². The van der Waals surface area contributed by atoms with Gasteiger partial charge in [0.1, 0.15) is 28.2 Å². The molecule has 4 heterocycles. The van der Waals surface area contributed by atoms with Gasteiger partial charge in [0, 0.05) is 20.2 Å². The van der Waals surface area contributed by atoms with Crippen molar-refractivity contribution < 1.29 is 9.53 Å². The number of nitrogens with one attached hydrogen (secondary N) is 3. The number of aromatic nitrogens is 6. The van der Waals surface area contributed by atoms with E-state index in [2.05, 4.69) is 36.3 Å². The van der Waals surface area contributed by atoms with E-state index >= 15 is 0 Å². The number of hydrogen-bond acceptors (Lipinski definition) is 8. The minimum Gasteiger partial charge on any atom is -0.373 e. The Labute approximate surface area is 177 Å². The van der Waals surface area contributed by atoms with Gasteiger partial charge in [0.05, 0.1) is 30.6 Å². The number of nitrogens with zero attached hydrogens (tertiary/aromatic N) is 6. The van der Waals surface area contributed by atoms with Crippen LogP contribution in [-0.2, 0) is 18.4 Å². The molecule has 0 aliphatic carbocycles. The van der Waals surface area contributed by atoms with Gasteiger partial charge in [-0.05, 0) is 31.5 Å². The van der Waals surface area contributed by atoms with E-state index in [1.807, 2.05) is 39.1 Å². The maximum absolute atomic E-state index is 12.9. The quantitative estimate of drug-likeness (QED) is 0.425. The summed E-state index contributed by atoms with van der Waals surface area (Å²) in [6, 6.07) is 5.59. The van der Waals surface area contributed by atoms with Crippen LogP contribution in [0, 0.1) is 0 Å². The van der Waals surface area contributed by atoms with Crippen LogP contribution in [0.4, 0.5) is 17.3 Å². The van der Waals surface area contributed by atoms with Gasteiger partial charge in [-0.1, -0.05) is 5.21 Å². The average Bonchev–Trinajstić information content (AvgIpc) is 3.34. The number of anilines is 3. The Kier molecular flexibility index (Phi) is 4.47. The van der Waals surface area contributed by atoms with Crippen molar-refractivity contribution in [3.05, 3.63) is 35.5 Å². The molecule has 4 bridgehead atoms. The molecular weight excluding hydrogens is 398 g/mol. The zero-order valence-corrected chi connectivity index (χ0v) is 17.7. The first-order valence-electron chi connectivity index (χ1n) is 10.0. The van der Waals surface area contributed by atoms with Crippen molar-refractivity contribution in [3.63, 3.8) is 0 Å². The van der Waals surface area contributed by atoms with Gasteiger partial charge in [-0.2, -0.15) is 9.61 Å². The summed E-state index contributed by atoms with van der Waals surface area (Å²) in [6.45, 7) is 4.22. The Morgan fingerprint density at radius 2 is 2.10 bits per heavy atom. The molecule has 1 aliphatic rings. The maximum Gasteiger partial charge on any atom is 0.257 e. The van der Waals surface area contributed by atoms with Gasteiger partial charge < -0.3 is 20.7 Å². The van der Waals surface area contributed by atoms with Crippen LogP contribution in [0.2, 0.25) is 0 Å². The molecule has 0 spiro atoms. The normalized spacial score (nSPS) is 19.3. The molecule has 1 amide bonds. The molecule has 3 N–H and O–H groups in total. The summed E-state index contributed by atoms with van der Waals surface area (Å²) >= 11 is 0. The lowest BCUT2D eigenvalue weighted by atomic mass is 10.1. The predicted molar refractivity (Wildman–Crippen MR) is 116 cm³/mol. The first-order chi connectivity index (χ1) is 14.9. The maximum atomic E-state index is 12.9. The summed E-state index contributed by atoms with van der Waals surface area (Å²) in [5, 5.41) is 22.2. The van der Waals surface area contributed by atoms with E-state index in [0.29, 0.717) is 29.5 Å². The van der Waals surface area contributed by atoms with Gasteiger partial charge in [0.15, 0.2) is 5.65 Å². The molecule has 1 aromatic carbocycles. The number of fused-ring (bicyclic) bond motifs is 5. The number of hydrogen-bond donors (Lipinski definition) is 3. The van der Waals surface area contributed by atoms with Gasteiger partial charge in [-0.15, -0.1) is 5.10 Å². The SMILES string of the molecule is CNc1cc2nc3c(cnn13)C(=O)N[C@H](C)[C@@H](C)OCc1cc(c3c(c1)nnn3C)N2. The largest absolute Gasteiger partial charge is 0.373 e. The third-order valence-corrected chi connectivity index (χ3v) is 5.57. The van der Waals surface area contributed by atoms with E-state index in [1.165, 1.54) is 6.20 Å². The number of ether oxygens (including phenoxy) is 1. The van der Waals surface area contributed by atoms with E-state index in [-0.39, 0.29) is 18.1 Å². The third kappa shape index (κ3) is 3.22. The van der Waals surface area contributed by atoms with Gasteiger partial charge in [0.2, 0.25) is 0 Å². The molecule has 3 aromatic heterocycles. The third-order valence-electron chi connectivity index (χ3n) is 5.57. The summed E-state index contributed by atoms with van der Waals surface area (Å²) in [5.41, 5.74) is 4.17. The highest BCUT2D eigenvalue weighted by atomic mass is 16.5. The van der Waals surface area contributed by atoms with Crippen LogP contribution in [0.15, 0.2) is 24.4 Å². The van der Waals surface area contributed by atoms with Crippen LogP contribution in [0.25, 0.3) is 16.7 Å². The lowest BCUT2D eigenvalue weighted by Crippen LogP contribution is -2.41. The van der Waals surface area contributed by atoms with Crippen LogP contribution < -0.4 is 16.0 Å². The fraction of sp³-hybridized carbons (Fsp3) is 0.350. The summed E-state index contributed by atoms with van der Waals surface area (Å²) in [5.74, 6) is 1.00. The van der Waals surface area contributed by atoms with Crippen molar-refractivity contribution in [1.82, 2.24) is 34.9 Å². The van der Waals surface area contributed by atoms with Crippen LogP contribution in [0.1, 0.15) is 29.8 Å². The van der Waals surface area contributed by atoms with Crippen molar-refractivity contribution in [2.75, 3.05) is 17.7 Å². The van der Waals surface area contributed by atoms with E-state index < -0.39 is 0 Å². The van der Waals surface area contributed by atoms with E-state index in [9.17, 15) is 4.79 Å². The predicted octanol–water partition coefficient (Wildman–Crippen LogP) is 1.83. The lowest BCUT2D eigenvalue weighted by Gasteiger charge is -2.22. The Balaban J connectivity index is 1.74. The molecule has 0 fully saturated rings. The smallest absolute Gasteiger partial charge is 0.257 e. The second kappa shape index (κ2) is 7.20. The first-order valence-corrected chi connectivity index (χ1v) is 10.0. The fourth-order valence-electron chi connectivity index (χ4n) is 3.71. The van der Waals surface area contributed by atoms with Crippen molar-refractivity contribution >= 4 is 39.9 Å². The second-order valence-electron chi connectivity index (χ2n) is 7.70. The highest BCUT2D eigenvalue weighted by molar-refractivity contribution is 6.00. The van der Waals surface area contributed by atoms with Crippen LogP contribution in [0.5, 0.6) is 0 Å². The summed E-state index contributed by atoms with van der Waals surface area (Å²) in [6.07, 6.45) is 1.31. The summed E-state index contributed by atoms with van der Waals surface area (Å²) in [7, 11) is 3.64. The second-order valence-corrected chi connectivity index (χ2v) is 7.70. The van der Waals surface area contributed by atoms with Gasteiger partial charge >= 0.3 is 0 Å². The highest BCUT2D eigenvalue weighted by Crippen LogP contribution is 2.29. The molecule has 0 unspecified atom stereocenters. The van der Waals surface area contributed by atoms with Crippen LogP contribution in [0.3, 0.4) is 0 Å². The van der Waals surface area contributed by atoms with Gasteiger partial charge in [-0.3, -0.25) is 4.79 Å². The molecule has 11 nitrogen and oxygen atoms in total. The molecule has 0 saturated heterocycles. The number of aryl methyl sites for hydroxylation is 1. The Hall–Kier alpha value is -3.73. The van der Waals surface area contributed by atoms with E-state index in [1.54, 1.807) is 16.2 Å². The number of rotatable bonds is 1. The van der Waals surface area contributed by atoms with Crippen LogP contribution >= 0.6 is 0 Å². The van der Waals surface area contributed by atoms with E-state index in [4.69, 9.17) is 4.74 Å². The fourth-order valence-corrected chi connectivity index (χ4v) is 3.71. The molecule has 2 atom stereocenters. The lowest BCUT2D eigenvalue weighted by molar-refractivity contribution is 0.0303. The summed E-state index contributed by atoms with van der Waals surface area (Å²) in [4.78, 5) is 17.6. The monoisotopic (exact) mass is 421 g/mol. The number of benzene rings is 1. The molecule has 31 heavy (non-hydrogen) atoms. The standard InChI is InChI=1S/C20H23N9O2/c1-10-11(2)31-9-12-5-14(18-15(6-12)26-27-28(18)4)24-16-7-17(21-3)29-19(25-16)13(8-22-29)20(30)23-10/h5-8,10-11,21H,9H2,1-4H3,(H,23,30)(H,24,25)/t10-,11-/m1/s1. The molecule has 0 radical (unpaired) electrons. The van der Waals surface area contributed by atoms with Gasteiger partial charge in [-0.25, -0.2) is 9.67 Å². The molecule has 160 valence electrons. The molecule has 11 heteroatoms. The van der Waals surface area contributed by atoms with Crippen molar-refractivity contribution in [3.8, 4) is 0 Å². The topological polar surface area (TPSA) is 123 Å². The van der Waals surface area contributed by atoms with E-state index in [0.717, 1.165) is 22.3 Å². The van der Waals surface area contributed by atoms with Crippen molar-refractivity contribution in [1.29, 1.82) is 0 Å². The minimum atomic E-state index is -0.251.